The average Bonchev–Trinajstić information content (AvgIpc) is 2.74. The second-order valence-corrected chi connectivity index (χ2v) is 4.66. The highest BCUT2D eigenvalue weighted by atomic mass is 32.1. The highest BCUT2D eigenvalue weighted by Crippen LogP contribution is 2.17. The fourth-order valence-corrected chi connectivity index (χ4v) is 2.15. The van der Waals surface area contributed by atoms with Crippen molar-refractivity contribution < 1.29 is 14.7 Å². The molecule has 0 fully saturated rings. The van der Waals surface area contributed by atoms with Gasteiger partial charge in [0.2, 0.25) is 0 Å². The van der Waals surface area contributed by atoms with Crippen molar-refractivity contribution in [1.29, 1.82) is 0 Å². The molecular weight excluding hydrogens is 252 g/mol. The molecule has 0 spiro atoms. The maximum Gasteiger partial charge on any atom is 0.328 e. The van der Waals surface area contributed by atoms with Crippen molar-refractivity contribution in [3.63, 3.8) is 0 Å². The minimum Gasteiger partial charge on any atom is -0.478 e. The van der Waals surface area contributed by atoms with E-state index >= 15 is 0 Å². The summed E-state index contributed by atoms with van der Waals surface area (Å²) in [7, 11) is 1.72. The molecule has 0 atom stereocenters. The van der Waals surface area contributed by atoms with Gasteiger partial charge in [0.1, 0.15) is 0 Å². The van der Waals surface area contributed by atoms with E-state index in [0.29, 0.717) is 13.1 Å². The molecule has 0 aliphatic heterocycles. The molecule has 2 amide bonds. The van der Waals surface area contributed by atoms with Gasteiger partial charge in [0.25, 0.3) is 0 Å². The zero-order chi connectivity index (χ0) is 13.5. The van der Waals surface area contributed by atoms with Crippen molar-refractivity contribution in [3.05, 3.63) is 28.0 Å². The predicted octanol–water partition coefficient (Wildman–Crippen LogP) is 2.01. The summed E-state index contributed by atoms with van der Waals surface area (Å²) in [6.07, 6.45) is 2.64. The van der Waals surface area contributed by atoms with E-state index in [2.05, 4.69) is 5.32 Å². The van der Waals surface area contributed by atoms with E-state index in [1.807, 2.05) is 18.4 Å². The third-order valence-electron chi connectivity index (χ3n) is 2.16. The number of carbonyl (C=O) groups excluding carboxylic acids is 1. The number of thiophene rings is 1. The first-order valence-corrected chi connectivity index (χ1v) is 6.38. The van der Waals surface area contributed by atoms with Crippen LogP contribution < -0.4 is 5.32 Å². The summed E-state index contributed by atoms with van der Waals surface area (Å²) in [5.74, 6) is -0.968. The molecule has 1 heterocycles. The van der Waals surface area contributed by atoms with Crippen LogP contribution in [0.4, 0.5) is 4.79 Å². The van der Waals surface area contributed by atoms with Crippen LogP contribution >= 0.6 is 11.3 Å². The number of nitrogens with one attached hydrogen (secondary N) is 1. The summed E-state index contributed by atoms with van der Waals surface area (Å²) in [5, 5.41) is 13.1. The van der Waals surface area contributed by atoms with Gasteiger partial charge in [0.15, 0.2) is 0 Å². The highest BCUT2D eigenvalue weighted by Gasteiger charge is 2.08. The number of amides is 2. The smallest absolute Gasteiger partial charge is 0.328 e. The molecule has 0 unspecified atom stereocenters. The standard InChI is InChI=1S/C12H16N2O3S/c1-3-13-12(17)14(2)7-9-6-10(18-8-9)4-5-11(15)16/h4-6,8H,3,7H2,1-2H3,(H,13,17)(H,15,16). The zero-order valence-electron chi connectivity index (χ0n) is 10.3. The molecule has 1 aromatic heterocycles. The van der Waals surface area contributed by atoms with Gasteiger partial charge < -0.3 is 15.3 Å². The lowest BCUT2D eigenvalue weighted by atomic mass is 10.3. The van der Waals surface area contributed by atoms with E-state index in [1.165, 1.54) is 11.3 Å². The number of hydrogen-bond acceptors (Lipinski definition) is 3. The molecule has 0 aliphatic carbocycles. The van der Waals surface area contributed by atoms with Crippen LogP contribution in [0.1, 0.15) is 17.4 Å². The summed E-state index contributed by atoms with van der Waals surface area (Å²) in [6.45, 7) is 2.97. The molecule has 2 N–H and O–H groups in total. The predicted molar refractivity (Wildman–Crippen MR) is 71.5 cm³/mol. The first kappa shape index (κ1) is 14.2. The first-order valence-electron chi connectivity index (χ1n) is 5.50. The van der Waals surface area contributed by atoms with E-state index in [1.54, 1.807) is 18.0 Å². The number of carboxylic acid groups (broad SMARTS) is 1. The zero-order valence-corrected chi connectivity index (χ0v) is 11.2. The fraction of sp³-hybridized carbons (Fsp3) is 0.333. The number of carbonyl (C=O) groups is 2. The molecule has 0 aliphatic rings. The quantitative estimate of drug-likeness (QED) is 0.802. The minimum absolute atomic E-state index is 0.119. The fourth-order valence-electron chi connectivity index (χ4n) is 1.35. The van der Waals surface area contributed by atoms with E-state index < -0.39 is 5.97 Å². The molecule has 1 rings (SSSR count). The summed E-state index contributed by atoms with van der Waals surface area (Å²) in [5.41, 5.74) is 0.985. The normalized spacial score (nSPS) is 10.6. The third kappa shape index (κ3) is 4.58. The van der Waals surface area contributed by atoms with Crippen LogP contribution in [0, 0.1) is 0 Å². The number of nitrogens with zero attached hydrogens (tertiary/aromatic N) is 1. The van der Waals surface area contributed by atoms with Crippen LogP contribution in [0.15, 0.2) is 17.5 Å². The second-order valence-electron chi connectivity index (χ2n) is 3.72. The van der Waals surface area contributed by atoms with Crippen LogP contribution in [-0.2, 0) is 11.3 Å². The van der Waals surface area contributed by atoms with Crippen molar-refractivity contribution in [2.24, 2.45) is 0 Å². The van der Waals surface area contributed by atoms with Crippen LogP contribution in [0.2, 0.25) is 0 Å². The Labute approximate surface area is 110 Å². The van der Waals surface area contributed by atoms with Gasteiger partial charge >= 0.3 is 12.0 Å². The van der Waals surface area contributed by atoms with Crippen LogP contribution in [-0.4, -0.2) is 35.6 Å². The van der Waals surface area contributed by atoms with E-state index in [0.717, 1.165) is 16.5 Å². The van der Waals surface area contributed by atoms with Gasteiger partial charge in [-0.15, -0.1) is 11.3 Å². The summed E-state index contributed by atoms with van der Waals surface area (Å²) in [4.78, 5) is 24.3. The number of aliphatic carboxylic acids is 1. The van der Waals surface area contributed by atoms with Gasteiger partial charge in [0.05, 0.1) is 0 Å². The van der Waals surface area contributed by atoms with E-state index in [4.69, 9.17) is 5.11 Å². The monoisotopic (exact) mass is 268 g/mol. The Bertz CT molecular complexity index is 454. The molecule has 0 aromatic carbocycles. The first-order chi connectivity index (χ1) is 8.52. The molecule has 6 heteroatoms. The summed E-state index contributed by atoms with van der Waals surface area (Å²) >= 11 is 1.45. The van der Waals surface area contributed by atoms with Crippen LogP contribution in [0.5, 0.6) is 0 Å². The Morgan fingerprint density at radius 3 is 2.89 bits per heavy atom. The van der Waals surface area contributed by atoms with Crippen molar-refractivity contribution >= 4 is 29.4 Å². The number of rotatable bonds is 5. The van der Waals surface area contributed by atoms with Gasteiger partial charge in [-0.05, 0) is 30.0 Å². The lowest BCUT2D eigenvalue weighted by Crippen LogP contribution is -2.36. The van der Waals surface area contributed by atoms with Crippen LogP contribution in [0.3, 0.4) is 0 Å². The van der Waals surface area contributed by atoms with Gasteiger partial charge in [0, 0.05) is 31.1 Å². The van der Waals surface area contributed by atoms with Crippen molar-refractivity contribution in [2.45, 2.75) is 13.5 Å². The van der Waals surface area contributed by atoms with Crippen molar-refractivity contribution in [1.82, 2.24) is 10.2 Å². The molecule has 0 saturated heterocycles. The van der Waals surface area contributed by atoms with Gasteiger partial charge in [-0.3, -0.25) is 0 Å². The molecule has 1 aromatic rings. The highest BCUT2D eigenvalue weighted by molar-refractivity contribution is 7.11. The maximum absolute atomic E-state index is 11.5. The molecule has 98 valence electrons. The molecule has 0 saturated carbocycles. The molecule has 5 nitrogen and oxygen atoms in total. The van der Waals surface area contributed by atoms with Crippen molar-refractivity contribution in [3.8, 4) is 0 Å². The Balaban J connectivity index is 2.58. The Morgan fingerprint density at radius 2 is 2.28 bits per heavy atom. The van der Waals surface area contributed by atoms with Gasteiger partial charge in [-0.2, -0.15) is 0 Å². The maximum atomic E-state index is 11.5. The van der Waals surface area contributed by atoms with E-state index in [-0.39, 0.29) is 6.03 Å². The Kier molecular flexibility index (Phi) is 5.38. The Hall–Kier alpha value is -1.82. The molecular formula is C12H16N2O3S. The minimum atomic E-state index is -0.968. The van der Waals surface area contributed by atoms with Gasteiger partial charge in [-0.1, -0.05) is 0 Å². The van der Waals surface area contributed by atoms with E-state index in [9.17, 15) is 9.59 Å². The van der Waals surface area contributed by atoms with Crippen LogP contribution in [0.25, 0.3) is 6.08 Å². The average molecular weight is 268 g/mol. The SMILES string of the molecule is CCNC(=O)N(C)Cc1csc(C=CC(=O)O)c1. The number of urea groups is 1. The molecule has 0 radical (unpaired) electrons. The largest absolute Gasteiger partial charge is 0.478 e. The molecule has 18 heavy (non-hydrogen) atoms. The van der Waals surface area contributed by atoms with Gasteiger partial charge in [-0.25, -0.2) is 9.59 Å². The summed E-state index contributed by atoms with van der Waals surface area (Å²) < 4.78 is 0. The topological polar surface area (TPSA) is 69.6 Å². The summed E-state index contributed by atoms with van der Waals surface area (Å²) in [6, 6.07) is 1.76. The number of carboxylic acids is 1. The lowest BCUT2D eigenvalue weighted by molar-refractivity contribution is -0.131. The third-order valence-corrected chi connectivity index (χ3v) is 3.11. The second kappa shape index (κ2) is 6.80. The molecule has 0 bridgehead atoms. The Morgan fingerprint density at radius 1 is 1.56 bits per heavy atom. The lowest BCUT2D eigenvalue weighted by Gasteiger charge is -2.16. The number of hydrogen-bond donors (Lipinski definition) is 2. The van der Waals surface area contributed by atoms with Crippen molar-refractivity contribution in [2.75, 3.05) is 13.6 Å².